The van der Waals surface area contributed by atoms with Gasteiger partial charge in [0.15, 0.2) is 0 Å². The molecule has 106 valence electrons. The lowest BCUT2D eigenvalue weighted by Gasteiger charge is -2.23. The molecule has 1 rings (SSSR count). The quantitative estimate of drug-likeness (QED) is 0.358. The molecule has 0 bridgehead atoms. The maximum Gasteiger partial charge on any atom is 0.328 e. The molecule has 0 aliphatic rings. The van der Waals surface area contributed by atoms with E-state index in [0.717, 1.165) is 11.8 Å². The summed E-state index contributed by atoms with van der Waals surface area (Å²) in [6, 6.07) is 4.38. The van der Waals surface area contributed by atoms with E-state index < -0.39 is 10.9 Å². The topological polar surface area (TPSA) is 83.7 Å². The Hall–Kier alpha value is -2.63. The smallest absolute Gasteiger partial charge is 0.328 e. The van der Waals surface area contributed by atoms with Crippen LogP contribution < -0.4 is 4.90 Å². The first kappa shape index (κ1) is 15.4. The number of benzene rings is 1. The lowest BCUT2D eigenvalue weighted by molar-refractivity contribution is -0.384. The molecule has 0 saturated carbocycles. The third-order valence-corrected chi connectivity index (χ3v) is 2.70. The molecule has 1 aromatic carbocycles. The number of likely N-dealkylation sites (N-methyl/N-ethyl adjacent to an activating group) is 1. The molecule has 0 saturated heterocycles. The third-order valence-electron chi connectivity index (χ3n) is 2.70. The molecular weight excluding hydrogens is 260 g/mol. The minimum Gasteiger partial charge on any atom is -0.478 e. The summed E-state index contributed by atoms with van der Waals surface area (Å²) in [6.07, 6.45) is 4.04. The Morgan fingerprint density at radius 2 is 2.25 bits per heavy atom. The monoisotopic (exact) mass is 276 g/mol. The number of aliphatic carboxylic acids is 1. The molecule has 0 radical (unpaired) electrons. The van der Waals surface area contributed by atoms with Crippen molar-refractivity contribution in [2.24, 2.45) is 0 Å². The Balaban J connectivity index is 3.30. The Morgan fingerprint density at radius 1 is 1.55 bits per heavy atom. The second-order valence-electron chi connectivity index (χ2n) is 4.00. The highest BCUT2D eigenvalue weighted by atomic mass is 16.6. The second kappa shape index (κ2) is 7.08. The van der Waals surface area contributed by atoms with Crippen molar-refractivity contribution in [2.45, 2.75) is 6.92 Å². The average molecular weight is 276 g/mol. The molecule has 0 amide bonds. The fraction of sp³-hybridized carbons (Fsp3) is 0.214. The van der Waals surface area contributed by atoms with Gasteiger partial charge in [-0.2, -0.15) is 0 Å². The van der Waals surface area contributed by atoms with E-state index in [1.807, 2.05) is 11.8 Å². The van der Waals surface area contributed by atoms with E-state index in [-0.39, 0.29) is 5.69 Å². The first-order valence-corrected chi connectivity index (χ1v) is 6.04. The number of non-ortho nitro benzene ring substituents is 1. The Morgan fingerprint density at radius 3 is 2.75 bits per heavy atom. The van der Waals surface area contributed by atoms with Crippen molar-refractivity contribution >= 4 is 23.4 Å². The first-order valence-electron chi connectivity index (χ1n) is 6.04. The van der Waals surface area contributed by atoms with Crippen LogP contribution in [-0.2, 0) is 4.79 Å². The molecule has 1 N–H and O–H groups in total. The Bertz CT molecular complexity index is 552. The van der Waals surface area contributed by atoms with Crippen LogP contribution in [0.2, 0.25) is 0 Å². The van der Waals surface area contributed by atoms with E-state index in [1.54, 1.807) is 12.1 Å². The molecule has 0 aliphatic carbocycles. The van der Waals surface area contributed by atoms with Gasteiger partial charge >= 0.3 is 5.97 Å². The van der Waals surface area contributed by atoms with Gasteiger partial charge in [-0.3, -0.25) is 10.1 Å². The Kier molecular flexibility index (Phi) is 5.46. The van der Waals surface area contributed by atoms with E-state index >= 15 is 0 Å². The van der Waals surface area contributed by atoms with Crippen LogP contribution in [-0.4, -0.2) is 29.1 Å². The maximum absolute atomic E-state index is 10.8. The molecule has 20 heavy (non-hydrogen) atoms. The fourth-order valence-electron chi connectivity index (χ4n) is 1.79. The highest BCUT2D eigenvalue weighted by Gasteiger charge is 2.13. The van der Waals surface area contributed by atoms with E-state index in [1.165, 1.54) is 18.2 Å². The first-order chi connectivity index (χ1) is 9.49. The molecule has 0 heterocycles. The summed E-state index contributed by atoms with van der Waals surface area (Å²) in [6.45, 7) is 6.85. The van der Waals surface area contributed by atoms with Crippen molar-refractivity contribution in [1.82, 2.24) is 0 Å². The summed E-state index contributed by atoms with van der Waals surface area (Å²) in [4.78, 5) is 22.9. The number of nitro benzene ring substituents is 1. The SMILES string of the molecule is C=CCN(CC)c1ccc([N+](=O)[O-])cc1/C=C/C(=O)O. The minimum absolute atomic E-state index is 0.0755. The number of rotatable bonds is 7. The zero-order chi connectivity index (χ0) is 15.1. The van der Waals surface area contributed by atoms with Crippen molar-refractivity contribution in [3.63, 3.8) is 0 Å². The van der Waals surface area contributed by atoms with Gasteiger partial charge in [0, 0.05) is 42.5 Å². The van der Waals surface area contributed by atoms with Crippen LogP contribution in [0.5, 0.6) is 0 Å². The summed E-state index contributed by atoms with van der Waals surface area (Å²) in [7, 11) is 0. The molecule has 1 aromatic rings. The highest BCUT2D eigenvalue weighted by molar-refractivity contribution is 5.87. The average Bonchev–Trinajstić information content (AvgIpc) is 2.42. The van der Waals surface area contributed by atoms with Crippen molar-refractivity contribution in [3.8, 4) is 0 Å². The number of carboxylic acids is 1. The maximum atomic E-state index is 10.8. The molecule has 6 heteroatoms. The minimum atomic E-state index is -1.10. The van der Waals surface area contributed by atoms with Gasteiger partial charge in [-0.15, -0.1) is 6.58 Å². The summed E-state index contributed by atoms with van der Waals surface area (Å²) < 4.78 is 0. The fourth-order valence-corrected chi connectivity index (χ4v) is 1.79. The number of carbonyl (C=O) groups is 1. The largest absolute Gasteiger partial charge is 0.478 e. The van der Waals surface area contributed by atoms with Crippen molar-refractivity contribution in [2.75, 3.05) is 18.0 Å². The van der Waals surface area contributed by atoms with Gasteiger partial charge in [-0.25, -0.2) is 4.79 Å². The summed E-state index contributed by atoms with van der Waals surface area (Å²) in [5, 5.41) is 19.5. The van der Waals surface area contributed by atoms with E-state index in [4.69, 9.17) is 5.11 Å². The number of nitrogens with zero attached hydrogens (tertiary/aromatic N) is 2. The van der Waals surface area contributed by atoms with E-state index in [9.17, 15) is 14.9 Å². The zero-order valence-electron chi connectivity index (χ0n) is 11.2. The number of carboxylic acid groups (broad SMARTS) is 1. The van der Waals surface area contributed by atoms with E-state index in [2.05, 4.69) is 6.58 Å². The van der Waals surface area contributed by atoms with Crippen molar-refractivity contribution in [1.29, 1.82) is 0 Å². The van der Waals surface area contributed by atoms with Gasteiger partial charge in [0.1, 0.15) is 0 Å². The predicted octanol–water partition coefficient (Wildman–Crippen LogP) is 2.70. The number of hydrogen-bond donors (Lipinski definition) is 1. The lowest BCUT2D eigenvalue weighted by atomic mass is 10.1. The van der Waals surface area contributed by atoms with Gasteiger partial charge in [0.05, 0.1) is 4.92 Å². The molecule has 0 spiro atoms. The molecule has 0 aliphatic heterocycles. The van der Waals surface area contributed by atoms with Crippen LogP contribution in [0.4, 0.5) is 11.4 Å². The molecule has 0 aromatic heterocycles. The number of anilines is 1. The molecule has 6 nitrogen and oxygen atoms in total. The van der Waals surface area contributed by atoms with E-state index in [0.29, 0.717) is 18.7 Å². The summed E-state index contributed by atoms with van der Waals surface area (Å²) >= 11 is 0. The van der Waals surface area contributed by atoms with Gasteiger partial charge in [0.25, 0.3) is 5.69 Å². The summed E-state index contributed by atoms with van der Waals surface area (Å²) in [5.74, 6) is -1.10. The summed E-state index contributed by atoms with van der Waals surface area (Å²) in [5.41, 5.74) is 1.15. The van der Waals surface area contributed by atoms with Crippen LogP contribution in [0.15, 0.2) is 36.9 Å². The Labute approximate surface area is 116 Å². The predicted molar refractivity (Wildman–Crippen MR) is 77.9 cm³/mol. The molecule has 0 atom stereocenters. The zero-order valence-corrected chi connectivity index (χ0v) is 11.2. The van der Waals surface area contributed by atoms with Crippen LogP contribution in [0.3, 0.4) is 0 Å². The van der Waals surface area contributed by atoms with Gasteiger partial charge < -0.3 is 10.0 Å². The normalized spacial score (nSPS) is 10.4. The lowest BCUT2D eigenvalue weighted by Crippen LogP contribution is -2.23. The molecular formula is C14H16N2O4. The van der Waals surface area contributed by atoms with Crippen molar-refractivity contribution < 1.29 is 14.8 Å². The van der Waals surface area contributed by atoms with Gasteiger partial charge in [-0.1, -0.05) is 6.08 Å². The van der Waals surface area contributed by atoms with Crippen LogP contribution in [0.25, 0.3) is 6.08 Å². The van der Waals surface area contributed by atoms with Crippen LogP contribution in [0, 0.1) is 10.1 Å². The highest BCUT2D eigenvalue weighted by Crippen LogP contribution is 2.26. The number of hydrogen-bond acceptors (Lipinski definition) is 4. The second-order valence-corrected chi connectivity index (χ2v) is 4.00. The van der Waals surface area contributed by atoms with Gasteiger partial charge in [0.2, 0.25) is 0 Å². The molecule has 0 unspecified atom stereocenters. The standard InChI is InChI=1S/C14H16N2O4/c1-3-9-15(4-2)13-7-6-12(16(19)20)10-11(13)5-8-14(17)18/h3,5-8,10H,1,4,9H2,2H3,(H,17,18)/b8-5+. The molecule has 0 fully saturated rings. The van der Waals surface area contributed by atoms with Gasteiger partial charge in [-0.05, 0) is 19.1 Å². The third kappa shape index (κ3) is 3.94. The van der Waals surface area contributed by atoms with Crippen LogP contribution >= 0.6 is 0 Å². The van der Waals surface area contributed by atoms with Crippen molar-refractivity contribution in [3.05, 3.63) is 52.6 Å². The van der Waals surface area contributed by atoms with Crippen LogP contribution in [0.1, 0.15) is 12.5 Å². The number of nitro groups is 1.